The van der Waals surface area contributed by atoms with Gasteiger partial charge in [-0.05, 0) is 38.0 Å². The van der Waals surface area contributed by atoms with Crippen molar-refractivity contribution in [1.29, 1.82) is 0 Å². The molecule has 2 N–H and O–H groups in total. The Morgan fingerprint density at radius 2 is 1.81 bits per heavy atom. The molecule has 0 aromatic heterocycles. The molecule has 2 aliphatic carbocycles. The first-order chi connectivity index (χ1) is 7.73. The zero-order valence-electron chi connectivity index (χ0n) is 10.9. The van der Waals surface area contributed by atoms with E-state index < -0.39 is 0 Å². The van der Waals surface area contributed by atoms with Crippen LogP contribution < -0.4 is 5.73 Å². The van der Waals surface area contributed by atoms with E-state index in [-0.39, 0.29) is 0 Å². The Kier molecular flexibility index (Phi) is 3.91. The zero-order valence-corrected chi connectivity index (χ0v) is 10.9. The molecule has 0 spiro atoms. The largest absolute Gasteiger partial charge is 0.377 e. The van der Waals surface area contributed by atoms with E-state index in [0.717, 1.165) is 18.9 Å². The topological polar surface area (TPSA) is 35.2 Å². The van der Waals surface area contributed by atoms with Gasteiger partial charge in [-0.15, -0.1) is 0 Å². The second-order valence-electron chi connectivity index (χ2n) is 5.75. The van der Waals surface area contributed by atoms with Gasteiger partial charge < -0.3 is 10.5 Å². The Morgan fingerprint density at radius 3 is 2.31 bits per heavy atom. The van der Waals surface area contributed by atoms with E-state index in [2.05, 4.69) is 13.8 Å². The summed E-state index contributed by atoms with van der Waals surface area (Å²) in [6, 6.07) is 0.371. The zero-order chi connectivity index (χ0) is 11.6. The van der Waals surface area contributed by atoms with Gasteiger partial charge in [-0.3, -0.25) is 0 Å². The molecule has 0 amide bonds. The van der Waals surface area contributed by atoms with Crippen LogP contribution in [0.4, 0.5) is 0 Å². The van der Waals surface area contributed by atoms with Gasteiger partial charge in [0.15, 0.2) is 0 Å². The van der Waals surface area contributed by atoms with Gasteiger partial charge in [0.25, 0.3) is 0 Å². The first kappa shape index (κ1) is 12.4. The summed E-state index contributed by atoms with van der Waals surface area (Å²) in [5.74, 6) is 0.836. The van der Waals surface area contributed by atoms with Crippen molar-refractivity contribution in [3.63, 3.8) is 0 Å². The second kappa shape index (κ2) is 5.05. The van der Waals surface area contributed by atoms with E-state index in [1.807, 2.05) is 0 Å². The first-order valence-corrected chi connectivity index (χ1v) is 7.10. The number of hydrogen-bond donors (Lipinski definition) is 1. The van der Waals surface area contributed by atoms with Gasteiger partial charge in [-0.2, -0.15) is 0 Å². The monoisotopic (exact) mass is 225 g/mol. The molecule has 0 aromatic carbocycles. The summed E-state index contributed by atoms with van der Waals surface area (Å²) in [4.78, 5) is 0. The molecular weight excluding hydrogens is 198 g/mol. The van der Waals surface area contributed by atoms with Gasteiger partial charge in [0.1, 0.15) is 0 Å². The van der Waals surface area contributed by atoms with Gasteiger partial charge in [-0.1, -0.05) is 26.7 Å². The standard InChI is InChI=1S/C14H27NO/c1-3-14(4-2)12(15)9-13(14)16-10-11-7-5-6-8-11/h11-13H,3-10,15H2,1-2H3. The summed E-state index contributed by atoms with van der Waals surface area (Å²) in [6.45, 7) is 5.50. The van der Waals surface area contributed by atoms with Crippen LogP contribution in [0.15, 0.2) is 0 Å². The van der Waals surface area contributed by atoms with Gasteiger partial charge in [-0.25, -0.2) is 0 Å². The molecule has 0 aromatic rings. The van der Waals surface area contributed by atoms with Gasteiger partial charge in [0, 0.05) is 18.1 Å². The molecule has 0 saturated heterocycles. The highest BCUT2D eigenvalue weighted by Crippen LogP contribution is 2.48. The lowest BCUT2D eigenvalue weighted by atomic mass is 9.59. The normalized spacial score (nSPS) is 33.9. The van der Waals surface area contributed by atoms with Crippen LogP contribution >= 0.6 is 0 Å². The van der Waals surface area contributed by atoms with Crippen LogP contribution in [0.2, 0.25) is 0 Å². The molecule has 2 saturated carbocycles. The van der Waals surface area contributed by atoms with Gasteiger partial charge in [0.05, 0.1) is 6.10 Å². The number of hydrogen-bond acceptors (Lipinski definition) is 2. The maximum Gasteiger partial charge on any atom is 0.0661 e. The second-order valence-corrected chi connectivity index (χ2v) is 5.75. The molecule has 2 atom stereocenters. The minimum absolute atomic E-state index is 0.290. The lowest BCUT2D eigenvalue weighted by Crippen LogP contribution is -2.61. The van der Waals surface area contributed by atoms with E-state index in [4.69, 9.17) is 10.5 Å². The maximum absolute atomic E-state index is 6.17. The molecule has 0 heterocycles. The Balaban J connectivity index is 1.81. The summed E-state index contributed by atoms with van der Waals surface area (Å²) in [6.07, 6.45) is 9.43. The quantitative estimate of drug-likeness (QED) is 0.780. The van der Waals surface area contributed by atoms with Crippen molar-refractivity contribution in [1.82, 2.24) is 0 Å². The van der Waals surface area contributed by atoms with Crippen LogP contribution in [-0.2, 0) is 4.74 Å². The van der Waals surface area contributed by atoms with Crippen molar-refractivity contribution in [3.8, 4) is 0 Å². The van der Waals surface area contributed by atoms with Crippen LogP contribution in [0, 0.1) is 11.3 Å². The minimum Gasteiger partial charge on any atom is -0.377 e. The molecular formula is C14H27NO. The predicted octanol–water partition coefficient (Wildman–Crippen LogP) is 3.10. The van der Waals surface area contributed by atoms with E-state index in [1.165, 1.54) is 38.5 Å². The van der Waals surface area contributed by atoms with E-state index in [1.54, 1.807) is 0 Å². The fraction of sp³-hybridized carbons (Fsp3) is 1.00. The Labute approximate surface area is 99.9 Å². The third-order valence-corrected chi connectivity index (χ3v) is 5.17. The SMILES string of the molecule is CCC1(CC)C(N)CC1OCC1CCCC1. The van der Waals surface area contributed by atoms with Gasteiger partial charge >= 0.3 is 0 Å². The predicted molar refractivity (Wildman–Crippen MR) is 67.3 cm³/mol. The summed E-state index contributed by atoms with van der Waals surface area (Å²) < 4.78 is 6.15. The fourth-order valence-corrected chi connectivity index (χ4v) is 3.67. The third kappa shape index (κ3) is 2.02. The van der Waals surface area contributed by atoms with Gasteiger partial charge in [0.2, 0.25) is 0 Å². The van der Waals surface area contributed by atoms with Crippen LogP contribution in [0.5, 0.6) is 0 Å². The molecule has 2 unspecified atom stereocenters. The lowest BCUT2D eigenvalue weighted by Gasteiger charge is -2.54. The summed E-state index contributed by atoms with van der Waals surface area (Å²) in [5, 5.41) is 0. The Bertz CT molecular complexity index is 219. The molecule has 94 valence electrons. The fourth-order valence-electron chi connectivity index (χ4n) is 3.67. The molecule has 2 heteroatoms. The van der Waals surface area contributed by atoms with Crippen molar-refractivity contribution in [2.24, 2.45) is 17.1 Å². The molecule has 2 aliphatic rings. The summed E-state index contributed by atoms with van der Waals surface area (Å²) in [5.41, 5.74) is 6.46. The minimum atomic E-state index is 0.290. The average Bonchev–Trinajstić information content (AvgIpc) is 2.78. The summed E-state index contributed by atoms with van der Waals surface area (Å²) in [7, 11) is 0. The van der Waals surface area contributed by atoms with Crippen molar-refractivity contribution in [2.75, 3.05) is 6.61 Å². The Morgan fingerprint density at radius 1 is 1.19 bits per heavy atom. The van der Waals surface area contributed by atoms with Crippen LogP contribution in [-0.4, -0.2) is 18.8 Å². The highest BCUT2D eigenvalue weighted by Gasteiger charge is 2.51. The third-order valence-electron chi connectivity index (χ3n) is 5.17. The highest BCUT2D eigenvalue weighted by molar-refractivity contribution is 5.05. The number of nitrogens with two attached hydrogens (primary N) is 1. The molecule has 2 fully saturated rings. The first-order valence-electron chi connectivity index (χ1n) is 7.10. The van der Waals surface area contributed by atoms with Crippen molar-refractivity contribution >= 4 is 0 Å². The summed E-state index contributed by atoms with van der Waals surface area (Å²) >= 11 is 0. The van der Waals surface area contributed by atoms with Crippen molar-refractivity contribution in [3.05, 3.63) is 0 Å². The van der Waals surface area contributed by atoms with Crippen LogP contribution in [0.3, 0.4) is 0 Å². The van der Waals surface area contributed by atoms with E-state index in [9.17, 15) is 0 Å². The van der Waals surface area contributed by atoms with E-state index >= 15 is 0 Å². The van der Waals surface area contributed by atoms with Crippen LogP contribution in [0.25, 0.3) is 0 Å². The van der Waals surface area contributed by atoms with Crippen molar-refractivity contribution in [2.45, 2.75) is 70.9 Å². The molecule has 16 heavy (non-hydrogen) atoms. The highest BCUT2D eigenvalue weighted by atomic mass is 16.5. The molecule has 0 radical (unpaired) electrons. The lowest BCUT2D eigenvalue weighted by molar-refractivity contribution is -0.138. The van der Waals surface area contributed by atoms with Crippen LogP contribution in [0.1, 0.15) is 58.8 Å². The average molecular weight is 225 g/mol. The molecule has 2 rings (SSSR count). The maximum atomic E-state index is 6.17. The number of ether oxygens (including phenoxy) is 1. The van der Waals surface area contributed by atoms with E-state index in [0.29, 0.717) is 17.6 Å². The van der Waals surface area contributed by atoms with Crippen molar-refractivity contribution < 1.29 is 4.74 Å². The molecule has 0 bridgehead atoms. The smallest absolute Gasteiger partial charge is 0.0661 e. The Hall–Kier alpha value is -0.0800. The molecule has 2 nitrogen and oxygen atoms in total. The molecule has 0 aliphatic heterocycles. The number of rotatable bonds is 5.